The number of benzene rings is 2. The number of nitrogens with one attached hydrogen (secondary N) is 4. The summed E-state index contributed by atoms with van der Waals surface area (Å²) in [5.74, 6) is -2.54. The molecule has 0 saturated carbocycles. The van der Waals surface area contributed by atoms with Crippen molar-refractivity contribution in [1.82, 2.24) is 25.3 Å². The Morgan fingerprint density at radius 2 is 1.97 bits per heavy atom. The lowest BCUT2D eigenvalue weighted by Crippen LogP contribution is -2.24. The molecular weight excluding hydrogens is 480 g/mol. The van der Waals surface area contributed by atoms with Crippen LogP contribution in [0.1, 0.15) is 27.3 Å². The van der Waals surface area contributed by atoms with Gasteiger partial charge in [0.15, 0.2) is 11.6 Å². The molecule has 2 aromatic carbocycles. The van der Waals surface area contributed by atoms with Gasteiger partial charge in [0.05, 0.1) is 23.8 Å². The van der Waals surface area contributed by atoms with Gasteiger partial charge in [-0.2, -0.15) is 0 Å². The second-order valence-electron chi connectivity index (χ2n) is 7.96. The number of rotatable bonds is 7. The maximum Gasteiger partial charge on any atom is 0.270 e. The van der Waals surface area contributed by atoms with E-state index in [1.54, 1.807) is 24.7 Å². The van der Waals surface area contributed by atoms with Gasteiger partial charge in [-0.05, 0) is 35.9 Å². The van der Waals surface area contributed by atoms with Crippen LogP contribution >= 0.6 is 0 Å². The minimum Gasteiger partial charge on any atom is -0.347 e. The zero-order valence-electron chi connectivity index (χ0n) is 19.1. The van der Waals surface area contributed by atoms with E-state index >= 15 is 0 Å². The zero-order chi connectivity index (χ0) is 25.8. The molecule has 37 heavy (non-hydrogen) atoms. The number of anilines is 3. The predicted molar refractivity (Wildman–Crippen MR) is 135 cm³/mol. The smallest absolute Gasteiger partial charge is 0.270 e. The molecule has 0 spiro atoms. The molecule has 0 radical (unpaired) electrons. The molecule has 1 aliphatic heterocycles. The van der Waals surface area contributed by atoms with Crippen LogP contribution in [0, 0.1) is 11.6 Å². The summed E-state index contributed by atoms with van der Waals surface area (Å²) in [4.78, 5) is 39.9. The Balaban J connectivity index is 1.19. The van der Waals surface area contributed by atoms with E-state index in [-0.39, 0.29) is 29.8 Å². The summed E-state index contributed by atoms with van der Waals surface area (Å²) in [6.07, 6.45) is 9.89. The van der Waals surface area contributed by atoms with Crippen LogP contribution in [0.2, 0.25) is 0 Å². The van der Waals surface area contributed by atoms with E-state index in [9.17, 15) is 18.4 Å². The van der Waals surface area contributed by atoms with Crippen LogP contribution in [-0.4, -0.2) is 38.3 Å². The number of imidazole rings is 1. The van der Waals surface area contributed by atoms with Gasteiger partial charge in [-0.15, -0.1) is 0 Å². The molecule has 9 nitrogen and oxygen atoms in total. The number of amides is 2. The number of fused-ring (bicyclic) bond motifs is 1. The number of carbonyl (C=O) groups excluding carboxylic acids is 2. The quantitative estimate of drug-likeness (QED) is 0.283. The topological polar surface area (TPSA) is 125 Å². The normalized spacial score (nSPS) is 13.6. The first kappa shape index (κ1) is 23.5. The fourth-order valence-electron chi connectivity index (χ4n) is 3.65. The van der Waals surface area contributed by atoms with Crippen LogP contribution in [0.25, 0.3) is 17.7 Å². The average Bonchev–Trinajstić information content (AvgIpc) is 3.52. The van der Waals surface area contributed by atoms with Gasteiger partial charge in [-0.1, -0.05) is 24.3 Å². The highest BCUT2D eigenvalue weighted by Gasteiger charge is 2.24. The molecule has 0 saturated heterocycles. The highest BCUT2D eigenvalue weighted by atomic mass is 19.2. The summed E-state index contributed by atoms with van der Waals surface area (Å²) in [5, 5.41) is 8.31. The van der Waals surface area contributed by atoms with Crippen molar-refractivity contribution in [1.29, 1.82) is 0 Å². The lowest BCUT2D eigenvalue weighted by molar-refractivity contribution is -0.110. The van der Waals surface area contributed by atoms with Gasteiger partial charge in [0.2, 0.25) is 5.95 Å². The molecule has 3 heterocycles. The summed E-state index contributed by atoms with van der Waals surface area (Å²) < 4.78 is 26.5. The molecule has 1 aliphatic rings. The second-order valence-corrected chi connectivity index (χ2v) is 7.96. The third-order valence-corrected chi connectivity index (χ3v) is 5.40. The molecule has 184 valence electrons. The van der Waals surface area contributed by atoms with Gasteiger partial charge in [-0.25, -0.2) is 23.7 Å². The second kappa shape index (κ2) is 10.2. The van der Waals surface area contributed by atoms with Crippen LogP contribution in [0.5, 0.6) is 0 Å². The number of aromatic nitrogens is 4. The number of H-pyrrole nitrogens is 1. The van der Waals surface area contributed by atoms with Crippen LogP contribution in [-0.2, 0) is 4.79 Å². The van der Waals surface area contributed by atoms with Crippen LogP contribution in [0.15, 0.2) is 67.3 Å². The van der Waals surface area contributed by atoms with Gasteiger partial charge in [0, 0.05) is 35.7 Å². The summed E-state index contributed by atoms with van der Waals surface area (Å²) in [5.41, 5.74) is 3.96. The van der Waals surface area contributed by atoms with Crippen molar-refractivity contribution < 1.29 is 18.4 Å². The van der Waals surface area contributed by atoms with Gasteiger partial charge >= 0.3 is 0 Å². The van der Waals surface area contributed by atoms with Crippen LogP contribution in [0.3, 0.4) is 0 Å². The van der Waals surface area contributed by atoms with Crippen molar-refractivity contribution in [2.24, 2.45) is 0 Å². The number of nitrogens with zero attached hydrogens (tertiary/aromatic N) is 3. The first-order chi connectivity index (χ1) is 18.0. The van der Waals surface area contributed by atoms with E-state index in [0.29, 0.717) is 11.3 Å². The molecule has 2 aromatic heterocycles. The number of aromatic amines is 1. The van der Waals surface area contributed by atoms with Crippen molar-refractivity contribution in [3.63, 3.8) is 0 Å². The van der Waals surface area contributed by atoms with Gasteiger partial charge in [0.25, 0.3) is 11.8 Å². The Morgan fingerprint density at radius 1 is 1.08 bits per heavy atom. The van der Waals surface area contributed by atoms with Crippen molar-refractivity contribution in [2.45, 2.75) is 0 Å². The Morgan fingerprint density at radius 3 is 2.78 bits per heavy atom. The molecule has 0 bridgehead atoms. The maximum atomic E-state index is 13.4. The van der Waals surface area contributed by atoms with Crippen molar-refractivity contribution in [2.75, 3.05) is 17.2 Å². The number of hydrogen-bond acceptors (Lipinski definition) is 6. The third-order valence-electron chi connectivity index (χ3n) is 5.40. The van der Waals surface area contributed by atoms with Gasteiger partial charge < -0.3 is 20.9 Å². The summed E-state index contributed by atoms with van der Waals surface area (Å²) in [7, 11) is 0. The number of halogens is 2. The molecule has 4 N–H and O–H groups in total. The Hall–Kier alpha value is -5.19. The van der Waals surface area contributed by atoms with Gasteiger partial charge in [-0.3, -0.25) is 9.59 Å². The highest BCUT2D eigenvalue weighted by molar-refractivity contribution is 6.34. The SMILES string of the molecule is O=C1Nc2cc(C=CCNC(=O)c3ccnc(Nc4ccc(F)c(F)c4)n3)ccc2C1=Cc1cnc[nH]1. The van der Waals surface area contributed by atoms with E-state index < -0.39 is 17.5 Å². The Kier molecular flexibility index (Phi) is 6.49. The molecule has 0 fully saturated rings. The summed E-state index contributed by atoms with van der Waals surface area (Å²) in [6, 6.07) is 10.3. The van der Waals surface area contributed by atoms with E-state index in [0.717, 1.165) is 29.0 Å². The lowest BCUT2D eigenvalue weighted by atomic mass is 10.0. The van der Waals surface area contributed by atoms with Crippen molar-refractivity contribution in [3.8, 4) is 0 Å². The van der Waals surface area contributed by atoms with E-state index in [4.69, 9.17) is 0 Å². The minimum absolute atomic E-state index is 0.0651. The van der Waals surface area contributed by atoms with Gasteiger partial charge in [0.1, 0.15) is 5.69 Å². The fraction of sp³-hybridized carbons (Fsp3) is 0.0385. The van der Waals surface area contributed by atoms with Crippen LogP contribution in [0.4, 0.5) is 26.1 Å². The zero-order valence-corrected chi connectivity index (χ0v) is 19.1. The molecule has 0 atom stereocenters. The maximum absolute atomic E-state index is 13.4. The van der Waals surface area contributed by atoms with E-state index in [1.165, 1.54) is 18.3 Å². The molecule has 0 unspecified atom stereocenters. The molecule has 2 amide bonds. The Labute approximate surface area is 209 Å². The predicted octanol–water partition coefficient (Wildman–Crippen LogP) is 4.16. The number of hydrogen-bond donors (Lipinski definition) is 4. The Bertz CT molecular complexity index is 1550. The van der Waals surface area contributed by atoms with Crippen LogP contribution < -0.4 is 16.0 Å². The molecule has 11 heteroatoms. The fourth-order valence-corrected chi connectivity index (χ4v) is 3.65. The largest absolute Gasteiger partial charge is 0.347 e. The van der Waals surface area contributed by atoms with E-state index in [1.807, 2.05) is 24.3 Å². The van der Waals surface area contributed by atoms with Crippen molar-refractivity contribution in [3.05, 3.63) is 101 Å². The molecule has 4 aromatic rings. The lowest BCUT2D eigenvalue weighted by Gasteiger charge is -2.07. The molecular formula is C26H19F2N7O2. The molecule has 0 aliphatic carbocycles. The highest BCUT2D eigenvalue weighted by Crippen LogP contribution is 2.33. The monoisotopic (exact) mass is 499 g/mol. The van der Waals surface area contributed by atoms with Crippen molar-refractivity contribution >= 4 is 46.9 Å². The first-order valence-electron chi connectivity index (χ1n) is 11.1. The standard InChI is InChI=1S/C26H19F2N7O2/c27-20-6-4-16(12-21(20)28)33-26-31-9-7-22(35-26)25(37)30-8-1-2-15-3-5-18-19(11-17-13-29-14-32-17)24(36)34-23(18)10-15/h1-7,9-14H,8H2,(H,29,32)(H,30,37)(H,34,36)(H,31,33,35). The summed E-state index contributed by atoms with van der Waals surface area (Å²) >= 11 is 0. The first-order valence-corrected chi connectivity index (χ1v) is 11.1. The van der Waals surface area contributed by atoms with E-state index in [2.05, 4.69) is 35.9 Å². The minimum atomic E-state index is -1.01. The molecule has 5 rings (SSSR count). The average molecular weight is 499 g/mol. The summed E-state index contributed by atoms with van der Waals surface area (Å²) in [6.45, 7) is 0.225. The number of carbonyl (C=O) groups is 2. The third kappa shape index (κ3) is 5.40.